The third-order valence-electron chi connectivity index (χ3n) is 3.56. The van der Waals surface area contributed by atoms with E-state index in [0.717, 1.165) is 0 Å². The van der Waals surface area contributed by atoms with Crippen LogP contribution < -0.4 is 0 Å². The van der Waals surface area contributed by atoms with Crippen LogP contribution in [-0.2, 0) is 0 Å². The van der Waals surface area contributed by atoms with Crippen LogP contribution >= 0.6 is 11.6 Å². The molecular formula is C18H15Cl. The molecule has 0 nitrogen and oxygen atoms in total. The first kappa shape index (κ1) is 12.3. The van der Waals surface area contributed by atoms with Crippen molar-refractivity contribution in [2.75, 3.05) is 0 Å². The Bertz CT molecular complexity index is 710. The van der Waals surface area contributed by atoms with Gasteiger partial charge in [0.25, 0.3) is 0 Å². The number of fused-ring (bicyclic) bond motifs is 1. The molecule has 0 saturated carbocycles. The summed E-state index contributed by atoms with van der Waals surface area (Å²) >= 11 is 6.72. The van der Waals surface area contributed by atoms with Gasteiger partial charge in [0, 0.05) is 0 Å². The predicted octanol–water partition coefficient (Wildman–Crippen LogP) is 5.48. The number of hydrogen-bond acceptors (Lipinski definition) is 0. The average Bonchev–Trinajstić information content (AvgIpc) is 2.46. The molecule has 1 atom stereocenters. The summed E-state index contributed by atoms with van der Waals surface area (Å²) in [5.74, 6) is 0. The fourth-order valence-corrected chi connectivity index (χ4v) is 2.95. The standard InChI is InChI=1S/C18H15Cl/c1-13-7-2-4-10-15(13)18(19)17-12-6-9-14-8-3-5-11-16(14)17/h2-12,18H,1H3. The summed E-state index contributed by atoms with van der Waals surface area (Å²) in [7, 11) is 0. The lowest BCUT2D eigenvalue weighted by atomic mass is 9.96. The predicted molar refractivity (Wildman–Crippen MR) is 82.8 cm³/mol. The molecule has 0 bridgehead atoms. The Labute approximate surface area is 118 Å². The van der Waals surface area contributed by atoms with Gasteiger partial charge in [0.15, 0.2) is 0 Å². The molecule has 0 fully saturated rings. The summed E-state index contributed by atoms with van der Waals surface area (Å²) in [5, 5.41) is 2.36. The van der Waals surface area contributed by atoms with Crippen LogP contribution in [0.3, 0.4) is 0 Å². The van der Waals surface area contributed by atoms with Crippen LogP contribution in [0, 0.1) is 6.92 Å². The zero-order valence-corrected chi connectivity index (χ0v) is 11.6. The van der Waals surface area contributed by atoms with Gasteiger partial charge in [-0.1, -0.05) is 66.7 Å². The summed E-state index contributed by atoms with van der Waals surface area (Å²) < 4.78 is 0. The van der Waals surface area contributed by atoms with Gasteiger partial charge in [-0.25, -0.2) is 0 Å². The van der Waals surface area contributed by atoms with Gasteiger partial charge in [0.05, 0.1) is 5.38 Å². The highest BCUT2D eigenvalue weighted by molar-refractivity contribution is 6.23. The van der Waals surface area contributed by atoms with Crippen molar-refractivity contribution in [1.82, 2.24) is 0 Å². The van der Waals surface area contributed by atoms with E-state index < -0.39 is 0 Å². The molecule has 3 rings (SSSR count). The molecule has 0 N–H and O–H groups in total. The normalized spacial score (nSPS) is 12.5. The van der Waals surface area contributed by atoms with Crippen molar-refractivity contribution < 1.29 is 0 Å². The first-order chi connectivity index (χ1) is 9.27. The van der Waals surface area contributed by atoms with Crippen molar-refractivity contribution in [2.24, 2.45) is 0 Å². The monoisotopic (exact) mass is 266 g/mol. The van der Waals surface area contributed by atoms with Crippen molar-refractivity contribution in [3.63, 3.8) is 0 Å². The van der Waals surface area contributed by atoms with Crippen molar-refractivity contribution in [1.29, 1.82) is 0 Å². The van der Waals surface area contributed by atoms with E-state index in [1.165, 1.54) is 27.5 Å². The minimum atomic E-state index is -0.104. The van der Waals surface area contributed by atoms with E-state index >= 15 is 0 Å². The largest absolute Gasteiger partial charge is 0.113 e. The number of hydrogen-bond donors (Lipinski definition) is 0. The number of halogens is 1. The Morgan fingerprint density at radius 3 is 2.21 bits per heavy atom. The lowest BCUT2D eigenvalue weighted by Crippen LogP contribution is -1.97. The molecule has 0 spiro atoms. The van der Waals surface area contributed by atoms with Gasteiger partial charge in [0.1, 0.15) is 0 Å². The highest BCUT2D eigenvalue weighted by atomic mass is 35.5. The second kappa shape index (κ2) is 5.07. The summed E-state index contributed by atoms with van der Waals surface area (Å²) in [6.45, 7) is 2.11. The Balaban J connectivity index is 2.17. The highest BCUT2D eigenvalue weighted by Gasteiger charge is 2.14. The summed E-state index contributed by atoms with van der Waals surface area (Å²) in [6, 6.07) is 23.0. The van der Waals surface area contributed by atoms with E-state index in [-0.39, 0.29) is 5.38 Å². The number of benzene rings is 3. The van der Waals surface area contributed by atoms with Gasteiger partial charge in [0.2, 0.25) is 0 Å². The zero-order valence-electron chi connectivity index (χ0n) is 10.8. The van der Waals surface area contributed by atoms with Gasteiger partial charge in [-0.2, -0.15) is 0 Å². The van der Waals surface area contributed by atoms with E-state index in [4.69, 9.17) is 11.6 Å². The van der Waals surface area contributed by atoms with Crippen molar-refractivity contribution >= 4 is 22.4 Å². The molecule has 0 saturated heterocycles. The van der Waals surface area contributed by atoms with Gasteiger partial charge >= 0.3 is 0 Å². The molecule has 94 valence electrons. The molecule has 3 aromatic carbocycles. The molecule has 0 aliphatic carbocycles. The number of alkyl halides is 1. The van der Waals surface area contributed by atoms with Gasteiger partial charge < -0.3 is 0 Å². The van der Waals surface area contributed by atoms with Gasteiger partial charge in [-0.15, -0.1) is 11.6 Å². The lowest BCUT2D eigenvalue weighted by Gasteiger charge is -2.15. The topological polar surface area (TPSA) is 0 Å². The minimum absolute atomic E-state index is 0.104. The van der Waals surface area contributed by atoms with E-state index in [1.54, 1.807) is 0 Å². The molecule has 1 heteroatoms. The average molecular weight is 267 g/mol. The molecule has 1 unspecified atom stereocenters. The zero-order chi connectivity index (χ0) is 13.2. The maximum Gasteiger partial charge on any atom is 0.0843 e. The van der Waals surface area contributed by atoms with Crippen LogP contribution in [0.5, 0.6) is 0 Å². The quantitative estimate of drug-likeness (QED) is 0.539. The Morgan fingerprint density at radius 1 is 0.737 bits per heavy atom. The molecule has 3 aromatic rings. The Kier molecular flexibility index (Phi) is 3.27. The molecule has 19 heavy (non-hydrogen) atoms. The van der Waals surface area contributed by atoms with Crippen LogP contribution in [0.15, 0.2) is 66.7 Å². The van der Waals surface area contributed by atoms with Crippen molar-refractivity contribution in [3.8, 4) is 0 Å². The SMILES string of the molecule is Cc1ccccc1C(Cl)c1cccc2ccccc12. The van der Waals surface area contributed by atoms with Gasteiger partial charge in [-0.05, 0) is 34.4 Å². The number of rotatable bonds is 2. The summed E-state index contributed by atoms with van der Waals surface area (Å²) in [6.07, 6.45) is 0. The molecule has 0 amide bonds. The fraction of sp³-hybridized carbons (Fsp3) is 0.111. The summed E-state index contributed by atoms with van der Waals surface area (Å²) in [4.78, 5) is 0. The lowest BCUT2D eigenvalue weighted by molar-refractivity contribution is 1.13. The maximum absolute atomic E-state index is 6.72. The van der Waals surface area contributed by atoms with Crippen molar-refractivity contribution in [2.45, 2.75) is 12.3 Å². The first-order valence-corrected chi connectivity index (χ1v) is 6.88. The molecule has 0 aliphatic heterocycles. The van der Waals surface area contributed by atoms with Crippen LogP contribution in [0.25, 0.3) is 10.8 Å². The molecule has 0 aliphatic rings. The van der Waals surface area contributed by atoms with E-state index in [2.05, 4.69) is 61.5 Å². The second-order valence-electron chi connectivity index (χ2n) is 4.79. The van der Waals surface area contributed by atoms with E-state index in [1.807, 2.05) is 12.1 Å². The first-order valence-electron chi connectivity index (χ1n) is 6.44. The van der Waals surface area contributed by atoms with Gasteiger partial charge in [-0.3, -0.25) is 0 Å². The smallest absolute Gasteiger partial charge is 0.0843 e. The van der Waals surface area contributed by atoms with E-state index in [9.17, 15) is 0 Å². The Morgan fingerprint density at radius 2 is 1.37 bits per heavy atom. The number of aryl methyl sites for hydroxylation is 1. The second-order valence-corrected chi connectivity index (χ2v) is 5.22. The van der Waals surface area contributed by atoms with Crippen LogP contribution in [0.2, 0.25) is 0 Å². The summed E-state index contributed by atoms with van der Waals surface area (Å²) in [5.41, 5.74) is 3.59. The third kappa shape index (κ3) is 2.24. The van der Waals surface area contributed by atoms with E-state index in [0.29, 0.717) is 0 Å². The fourth-order valence-electron chi connectivity index (χ4n) is 2.51. The van der Waals surface area contributed by atoms with Crippen LogP contribution in [0.1, 0.15) is 22.1 Å². The molecule has 0 aromatic heterocycles. The van der Waals surface area contributed by atoms with Crippen molar-refractivity contribution in [3.05, 3.63) is 83.4 Å². The third-order valence-corrected chi connectivity index (χ3v) is 4.03. The maximum atomic E-state index is 6.72. The molecule has 0 heterocycles. The highest BCUT2D eigenvalue weighted by Crippen LogP contribution is 2.35. The van der Waals surface area contributed by atoms with Crippen LogP contribution in [0.4, 0.5) is 0 Å². The minimum Gasteiger partial charge on any atom is -0.113 e. The Hall–Kier alpha value is -1.79. The molecular weight excluding hydrogens is 252 g/mol. The van der Waals surface area contributed by atoms with Crippen LogP contribution in [-0.4, -0.2) is 0 Å². The molecule has 0 radical (unpaired) electrons.